The molecule has 1 aromatic heterocycles. The van der Waals surface area contributed by atoms with Crippen molar-refractivity contribution in [2.75, 3.05) is 11.9 Å². The van der Waals surface area contributed by atoms with Gasteiger partial charge in [0.15, 0.2) is 6.10 Å². The second kappa shape index (κ2) is 6.23. The number of carbonyl (C=O) groups excluding carboxylic acids is 1. The van der Waals surface area contributed by atoms with Crippen LogP contribution in [0.1, 0.15) is 18.6 Å². The summed E-state index contributed by atoms with van der Waals surface area (Å²) in [7, 11) is 0. The number of anilines is 1. The molecule has 1 heterocycles. The fourth-order valence-corrected chi connectivity index (χ4v) is 1.95. The van der Waals surface area contributed by atoms with Crippen molar-refractivity contribution in [3.05, 3.63) is 42.1 Å². The van der Waals surface area contributed by atoms with Gasteiger partial charge in [0.05, 0.1) is 6.20 Å². The van der Waals surface area contributed by atoms with E-state index in [9.17, 15) is 4.79 Å². The van der Waals surface area contributed by atoms with Crippen molar-refractivity contribution in [1.82, 2.24) is 9.59 Å². The van der Waals surface area contributed by atoms with Crippen molar-refractivity contribution in [2.45, 2.75) is 13.0 Å². The van der Waals surface area contributed by atoms with Crippen LogP contribution in [-0.4, -0.2) is 22.1 Å². The SMILES string of the molecule is CCOC(C(=O)Nc1cnns1)c1ccccc1. The number of hydrogen-bond acceptors (Lipinski definition) is 5. The minimum atomic E-state index is -0.613. The van der Waals surface area contributed by atoms with Gasteiger partial charge in [0.1, 0.15) is 5.00 Å². The maximum absolute atomic E-state index is 12.1. The monoisotopic (exact) mass is 263 g/mol. The first kappa shape index (κ1) is 12.7. The lowest BCUT2D eigenvalue weighted by atomic mass is 10.1. The van der Waals surface area contributed by atoms with Crippen LogP contribution in [-0.2, 0) is 9.53 Å². The Balaban J connectivity index is 2.12. The summed E-state index contributed by atoms with van der Waals surface area (Å²) in [5.41, 5.74) is 0.828. The molecule has 1 atom stereocenters. The van der Waals surface area contributed by atoms with E-state index in [4.69, 9.17) is 4.74 Å². The molecular formula is C12H13N3O2S. The number of nitrogens with zero attached hydrogens (tertiary/aromatic N) is 2. The van der Waals surface area contributed by atoms with E-state index in [1.54, 1.807) is 0 Å². The van der Waals surface area contributed by atoms with Crippen LogP contribution >= 0.6 is 11.5 Å². The Morgan fingerprint density at radius 2 is 2.22 bits per heavy atom. The van der Waals surface area contributed by atoms with Crippen LogP contribution in [0.15, 0.2) is 36.5 Å². The number of benzene rings is 1. The van der Waals surface area contributed by atoms with Gasteiger partial charge in [-0.3, -0.25) is 4.79 Å². The Morgan fingerprint density at radius 1 is 1.44 bits per heavy atom. The number of aromatic nitrogens is 2. The molecule has 0 radical (unpaired) electrons. The molecule has 0 aliphatic carbocycles. The quantitative estimate of drug-likeness (QED) is 0.898. The summed E-state index contributed by atoms with van der Waals surface area (Å²) < 4.78 is 9.18. The van der Waals surface area contributed by atoms with E-state index < -0.39 is 6.10 Å². The number of hydrogen-bond donors (Lipinski definition) is 1. The Labute approximate surface area is 109 Å². The number of rotatable bonds is 5. The van der Waals surface area contributed by atoms with E-state index in [2.05, 4.69) is 14.9 Å². The fraction of sp³-hybridized carbons (Fsp3) is 0.250. The van der Waals surface area contributed by atoms with E-state index in [1.165, 1.54) is 6.20 Å². The number of nitrogens with one attached hydrogen (secondary N) is 1. The van der Waals surface area contributed by atoms with Gasteiger partial charge in [0, 0.05) is 18.1 Å². The van der Waals surface area contributed by atoms with Crippen LogP contribution in [0.3, 0.4) is 0 Å². The molecule has 0 bridgehead atoms. The minimum Gasteiger partial charge on any atom is -0.364 e. The van der Waals surface area contributed by atoms with Crippen molar-refractivity contribution in [2.24, 2.45) is 0 Å². The third-order valence-corrected chi connectivity index (χ3v) is 2.86. The molecular weight excluding hydrogens is 250 g/mol. The van der Waals surface area contributed by atoms with E-state index in [1.807, 2.05) is 37.3 Å². The van der Waals surface area contributed by atoms with Gasteiger partial charge in [-0.05, 0) is 12.5 Å². The molecule has 18 heavy (non-hydrogen) atoms. The van der Waals surface area contributed by atoms with Crippen molar-refractivity contribution < 1.29 is 9.53 Å². The molecule has 1 amide bonds. The summed E-state index contributed by atoms with van der Waals surface area (Å²) in [5, 5.41) is 7.01. The minimum absolute atomic E-state index is 0.214. The third kappa shape index (κ3) is 3.12. The van der Waals surface area contributed by atoms with Crippen LogP contribution in [0.4, 0.5) is 5.00 Å². The lowest BCUT2D eigenvalue weighted by molar-refractivity contribution is -0.127. The Bertz CT molecular complexity index is 487. The molecule has 2 rings (SSSR count). The molecule has 1 aromatic carbocycles. The highest BCUT2D eigenvalue weighted by molar-refractivity contribution is 7.10. The predicted molar refractivity (Wildman–Crippen MR) is 69.3 cm³/mol. The molecule has 6 heteroatoms. The molecule has 0 saturated heterocycles. The summed E-state index contributed by atoms with van der Waals surface area (Å²) in [4.78, 5) is 12.1. The fourth-order valence-electron chi connectivity index (χ4n) is 1.53. The van der Waals surface area contributed by atoms with Gasteiger partial charge in [-0.1, -0.05) is 34.8 Å². The van der Waals surface area contributed by atoms with Crippen molar-refractivity contribution >= 4 is 22.4 Å². The summed E-state index contributed by atoms with van der Waals surface area (Å²) in [5.74, 6) is -0.214. The van der Waals surface area contributed by atoms with E-state index >= 15 is 0 Å². The molecule has 2 aromatic rings. The standard InChI is InChI=1S/C12H13N3O2S/c1-2-17-11(9-6-4-3-5-7-9)12(16)14-10-8-13-15-18-10/h3-8,11H,2H2,1H3,(H,14,16). The maximum atomic E-state index is 12.1. The molecule has 0 aliphatic heterocycles. The Kier molecular flexibility index (Phi) is 4.38. The topological polar surface area (TPSA) is 64.1 Å². The molecule has 5 nitrogen and oxygen atoms in total. The molecule has 94 valence electrons. The van der Waals surface area contributed by atoms with Gasteiger partial charge in [-0.2, -0.15) is 0 Å². The third-order valence-electron chi connectivity index (χ3n) is 2.28. The van der Waals surface area contributed by atoms with Crippen LogP contribution in [0.25, 0.3) is 0 Å². The first-order chi connectivity index (χ1) is 8.81. The first-order valence-corrected chi connectivity index (χ1v) is 6.33. The lowest BCUT2D eigenvalue weighted by Crippen LogP contribution is -2.23. The van der Waals surface area contributed by atoms with Crippen LogP contribution in [0.5, 0.6) is 0 Å². The van der Waals surface area contributed by atoms with E-state index in [-0.39, 0.29) is 5.91 Å². The highest BCUT2D eigenvalue weighted by Crippen LogP contribution is 2.20. The highest BCUT2D eigenvalue weighted by Gasteiger charge is 2.21. The molecule has 0 fully saturated rings. The van der Waals surface area contributed by atoms with Gasteiger partial charge < -0.3 is 10.1 Å². The summed E-state index contributed by atoms with van der Waals surface area (Å²) in [6.07, 6.45) is 0.898. The molecule has 0 saturated carbocycles. The van der Waals surface area contributed by atoms with Crippen molar-refractivity contribution in [3.63, 3.8) is 0 Å². The average Bonchev–Trinajstić information content (AvgIpc) is 2.89. The normalized spacial score (nSPS) is 12.1. The zero-order chi connectivity index (χ0) is 12.8. The molecule has 0 spiro atoms. The average molecular weight is 263 g/mol. The predicted octanol–water partition coefficient (Wildman–Crippen LogP) is 2.25. The van der Waals surface area contributed by atoms with Crippen LogP contribution in [0, 0.1) is 0 Å². The first-order valence-electron chi connectivity index (χ1n) is 5.56. The van der Waals surface area contributed by atoms with E-state index in [0.717, 1.165) is 17.1 Å². The second-order valence-corrected chi connectivity index (χ2v) is 4.30. The summed E-state index contributed by atoms with van der Waals surface area (Å²) in [6.45, 7) is 2.32. The summed E-state index contributed by atoms with van der Waals surface area (Å²) >= 11 is 1.13. The molecule has 1 N–H and O–H groups in total. The maximum Gasteiger partial charge on any atom is 0.258 e. The van der Waals surface area contributed by atoms with Gasteiger partial charge in [-0.25, -0.2) is 0 Å². The Hall–Kier alpha value is -1.79. The van der Waals surface area contributed by atoms with Gasteiger partial charge in [-0.15, -0.1) is 5.10 Å². The smallest absolute Gasteiger partial charge is 0.258 e. The zero-order valence-corrected chi connectivity index (χ0v) is 10.7. The highest BCUT2D eigenvalue weighted by atomic mass is 32.1. The van der Waals surface area contributed by atoms with Crippen molar-refractivity contribution in [1.29, 1.82) is 0 Å². The molecule has 1 unspecified atom stereocenters. The van der Waals surface area contributed by atoms with Gasteiger partial charge in [0.25, 0.3) is 5.91 Å². The summed E-state index contributed by atoms with van der Waals surface area (Å²) in [6, 6.07) is 9.39. The number of ether oxygens (including phenoxy) is 1. The van der Waals surface area contributed by atoms with Crippen LogP contribution < -0.4 is 5.32 Å². The van der Waals surface area contributed by atoms with Gasteiger partial charge in [0.2, 0.25) is 0 Å². The van der Waals surface area contributed by atoms with Gasteiger partial charge >= 0.3 is 0 Å². The van der Waals surface area contributed by atoms with E-state index in [0.29, 0.717) is 11.6 Å². The van der Waals surface area contributed by atoms with Crippen LogP contribution in [0.2, 0.25) is 0 Å². The molecule has 0 aliphatic rings. The zero-order valence-electron chi connectivity index (χ0n) is 9.87. The second-order valence-electron chi connectivity index (χ2n) is 3.52. The Morgan fingerprint density at radius 3 is 2.83 bits per heavy atom. The lowest BCUT2D eigenvalue weighted by Gasteiger charge is -2.16. The largest absolute Gasteiger partial charge is 0.364 e. The van der Waals surface area contributed by atoms with Crippen molar-refractivity contribution in [3.8, 4) is 0 Å². The number of amides is 1. The number of carbonyl (C=O) groups is 1.